The van der Waals surface area contributed by atoms with Crippen LogP contribution in [0.15, 0.2) is 58.5 Å². The molecule has 0 fully saturated rings. The summed E-state index contributed by atoms with van der Waals surface area (Å²) in [5, 5.41) is 5.90. The molecular weight excluding hydrogens is 449 g/mol. The van der Waals surface area contributed by atoms with Crippen molar-refractivity contribution in [1.82, 2.24) is 9.99 Å². The monoisotopic (exact) mass is 465 g/mol. The summed E-state index contributed by atoms with van der Waals surface area (Å²) in [4.78, 5) is 13.0. The van der Waals surface area contributed by atoms with E-state index in [9.17, 15) is 4.79 Å². The number of hydrazone groups is 1. The number of nitrogens with one attached hydrogen (secondary N) is 1. The summed E-state index contributed by atoms with van der Waals surface area (Å²) in [6.07, 6.45) is 1.63. The van der Waals surface area contributed by atoms with Crippen molar-refractivity contribution in [2.24, 2.45) is 5.10 Å². The molecule has 0 aliphatic rings. The first-order chi connectivity index (χ1) is 13.8. The number of aryl methyl sites for hydroxylation is 1. The third kappa shape index (κ3) is 5.58. The molecule has 2 aromatic carbocycles. The fourth-order valence-corrected chi connectivity index (χ4v) is 4.15. The smallest absolute Gasteiger partial charge is 0.250 e. The summed E-state index contributed by atoms with van der Waals surface area (Å²) in [6.45, 7) is 3.95. The topological polar surface area (TPSA) is 46.4 Å². The molecule has 0 radical (unpaired) electrons. The van der Waals surface area contributed by atoms with E-state index in [4.69, 9.17) is 34.8 Å². The Kier molecular flexibility index (Phi) is 7.30. The lowest BCUT2D eigenvalue weighted by atomic mass is 10.2. The van der Waals surface area contributed by atoms with Gasteiger partial charge >= 0.3 is 0 Å². The molecular formula is C21H18Cl3N3OS. The highest BCUT2D eigenvalue weighted by Gasteiger charge is 2.12. The zero-order valence-electron chi connectivity index (χ0n) is 15.7. The normalized spacial score (nSPS) is 11.2. The molecule has 3 aromatic rings. The van der Waals surface area contributed by atoms with Gasteiger partial charge in [0, 0.05) is 31.9 Å². The Morgan fingerprint density at radius 3 is 2.45 bits per heavy atom. The van der Waals surface area contributed by atoms with Gasteiger partial charge in [0.1, 0.15) is 0 Å². The van der Waals surface area contributed by atoms with Crippen molar-refractivity contribution in [3.05, 3.63) is 80.6 Å². The van der Waals surface area contributed by atoms with E-state index in [1.807, 2.05) is 42.7 Å². The van der Waals surface area contributed by atoms with Crippen LogP contribution in [-0.2, 0) is 4.79 Å². The Morgan fingerprint density at radius 2 is 1.76 bits per heavy atom. The van der Waals surface area contributed by atoms with Gasteiger partial charge in [0.05, 0.1) is 22.7 Å². The molecule has 0 bridgehead atoms. The van der Waals surface area contributed by atoms with E-state index >= 15 is 0 Å². The standard InChI is InChI=1S/C21H18Cl3N3OS/c1-13-9-15(14(2)27(13)20-8-5-17(23)10-19(20)24)11-25-26-21(28)12-29-18-6-3-16(22)4-7-18/h3-11H,12H2,1-2H3,(H,26,28)/b25-11+. The van der Waals surface area contributed by atoms with Crippen LogP contribution in [0.25, 0.3) is 5.69 Å². The molecule has 29 heavy (non-hydrogen) atoms. The van der Waals surface area contributed by atoms with Crippen molar-refractivity contribution < 1.29 is 4.79 Å². The van der Waals surface area contributed by atoms with Gasteiger partial charge in [-0.2, -0.15) is 5.10 Å². The van der Waals surface area contributed by atoms with Gasteiger partial charge in [-0.3, -0.25) is 4.79 Å². The molecule has 1 heterocycles. The van der Waals surface area contributed by atoms with Crippen LogP contribution < -0.4 is 5.43 Å². The highest BCUT2D eigenvalue weighted by atomic mass is 35.5. The highest BCUT2D eigenvalue weighted by Crippen LogP contribution is 2.28. The van der Waals surface area contributed by atoms with Gasteiger partial charge in [0.25, 0.3) is 0 Å². The van der Waals surface area contributed by atoms with E-state index in [2.05, 4.69) is 10.5 Å². The quantitative estimate of drug-likeness (QED) is 0.263. The first-order valence-electron chi connectivity index (χ1n) is 8.70. The minimum Gasteiger partial charge on any atom is -0.316 e. The van der Waals surface area contributed by atoms with Crippen LogP contribution in [0.2, 0.25) is 15.1 Å². The van der Waals surface area contributed by atoms with Crippen molar-refractivity contribution >= 4 is 58.7 Å². The highest BCUT2D eigenvalue weighted by molar-refractivity contribution is 8.00. The molecule has 0 atom stereocenters. The fourth-order valence-electron chi connectivity index (χ4n) is 2.84. The Bertz CT molecular complexity index is 1060. The van der Waals surface area contributed by atoms with Crippen molar-refractivity contribution in [3.8, 4) is 5.69 Å². The summed E-state index contributed by atoms with van der Waals surface area (Å²) in [5.41, 5.74) is 6.24. The Balaban J connectivity index is 1.65. The average molecular weight is 467 g/mol. The maximum Gasteiger partial charge on any atom is 0.250 e. The summed E-state index contributed by atoms with van der Waals surface area (Å²) < 4.78 is 2.03. The van der Waals surface area contributed by atoms with Crippen molar-refractivity contribution in [3.63, 3.8) is 0 Å². The number of nitrogens with zero attached hydrogens (tertiary/aromatic N) is 2. The number of halogens is 3. The molecule has 0 aliphatic carbocycles. The number of carbonyl (C=O) groups is 1. The van der Waals surface area contributed by atoms with E-state index in [0.29, 0.717) is 15.1 Å². The minimum atomic E-state index is -0.184. The molecule has 1 amide bonds. The van der Waals surface area contributed by atoms with E-state index in [-0.39, 0.29) is 11.7 Å². The molecule has 0 spiro atoms. The van der Waals surface area contributed by atoms with Crippen LogP contribution in [0, 0.1) is 13.8 Å². The molecule has 0 saturated carbocycles. The largest absolute Gasteiger partial charge is 0.316 e. The molecule has 4 nitrogen and oxygen atoms in total. The number of amides is 1. The maximum atomic E-state index is 12.0. The number of rotatable bonds is 6. The zero-order chi connectivity index (χ0) is 21.0. The van der Waals surface area contributed by atoms with Gasteiger partial charge in [0.15, 0.2) is 0 Å². The van der Waals surface area contributed by atoms with Gasteiger partial charge < -0.3 is 4.57 Å². The average Bonchev–Trinajstić information content (AvgIpc) is 2.95. The van der Waals surface area contributed by atoms with Gasteiger partial charge in [-0.1, -0.05) is 34.8 Å². The first-order valence-corrected chi connectivity index (χ1v) is 10.8. The van der Waals surface area contributed by atoms with Crippen LogP contribution in [0.5, 0.6) is 0 Å². The molecule has 0 aliphatic heterocycles. The summed E-state index contributed by atoms with van der Waals surface area (Å²) in [6, 6.07) is 14.7. The van der Waals surface area contributed by atoms with E-state index in [0.717, 1.165) is 27.5 Å². The van der Waals surface area contributed by atoms with Crippen LogP contribution in [-0.4, -0.2) is 22.4 Å². The molecule has 3 rings (SSSR count). The second kappa shape index (κ2) is 9.72. The molecule has 0 saturated heterocycles. The lowest BCUT2D eigenvalue weighted by molar-refractivity contribution is -0.118. The van der Waals surface area contributed by atoms with Crippen LogP contribution in [0.1, 0.15) is 17.0 Å². The van der Waals surface area contributed by atoms with Crippen LogP contribution >= 0.6 is 46.6 Å². The lowest BCUT2D eigenvalue weighted by Gasteiger charge is -2.11. The Hall–Kier alpha value is -1.92. The Labute approximate surface area is 188 Å². The Morgan fingerprint density at radius 1 is 1.07 bits per heavy atom. The van der Waals surface area contributed by atoms with Gasteiger partial charge in [0.2, 0.25) is 5.91 Å². The predicted molar refractivity (Wildman–Crippen MR) is 123 cm³/mol. The SMILES string of the molecule is Cc1cc(/C=N/NC(=O)CSc2ccc(Cl)cc2)c(C)n1-c1ccc(Cl)cc1Cl. The second-order valence-corrected chi connectivity index (χ2v) is 8.62. The molecule has 8 heteroatoms. The number of hydrogen-bond donors (Lipinski definition) is 1. The summed E-state index contributed by atoms with van der Waals surface area (Å²) in [7, 11) is 0. The maximum absolute atomic E-state index is 12.0. The molecule has 150 valence electrons. The number of benzene rings is 2. The summed E-state index contributed by atoms with van der Waals surface area (Å²) in [5.74, 6) is 0.0778. The van der Waals surface area contributed by atoms with Crippen LogP contribution in [0.3, 0.4) is 0 Å². The molecule has 1 aromatic heterocycles. The third-order valence-electron chi connectivity index (χ3n) is 4.20. The van der Waals surface area contributed by atoms with Crippen LogP contribution in [0.4, 0.5) is 0 Å². The van der Waals surface area contributed by atoms with Crippen molar-refractivity contribution in [1.29, 1.82) is 0 Å². The number of hydrogen-bond acceptors (Lipinski definition) is 3. The number of carbonyl (C=O) groups excluding carboxylic acids is 1. The predicted octanol–water partition coefficient (Wildman–Crippen LogP) is 6.30. The minimum absolute atomic E-state index is 0.184. The van der Waals surface area contributed by atoms with Crippen molar-refractivity contribution in [2.45, 2.75) is 18.7 Å². The van der Waals surface area contributed by atoms with E-state index in [1.54, 1.807) is 30.5 Å². The third-order valence-corrected chi connectivity index (χ3v) is 6.00. The molecule has 1 N–H and O–H groups in total. The van der Waals surface area contributed by atoms with Crippen molar-refractivity contribution in [2.75, 3.05) is 5.75 Å². The van der Waals surface area contributed by atoms with E-state index in [1.165, 1.54) is 11.8 Å². The van der Waals surface area contributed by atoms with Gasteiger partial charge in [-0.25, -0.2) is 5.43 Å². The fraction of sp³-hybridized carbons (Fsp3) is 0.143. The molecule has 0 unspecified atom stereocenters. The van der Waals surface area contributed by atoms with Gasteiger partial charge in [-0.05, 0) is 62.4 Å². The zero-order valence-corrected chi connectivity index (χ0v) is 18.8. The summed E-state index contributed by atoms with van der Waals surface area (Å²) >= 11 is 19.6. The first kappa shape index (κ1) is 21.8. The van der Waals surface area contributed by atoms with E-state index < -0.39 is 0 Å². The second-order valence-electron chi connectivity index (χ2n) is 6.29. The number of thioether (sulfide) groups is 1. The van der Waals surface area contributed by atoms with Gasteiger partial charge in [-0.15, -0.1) is 11.8 Å². The lowest BCUT2D eigenvalue weighted by Crippen LogP contribution is -2.19. The number of aromatic nitrogens is 1.